The second kappa shape index (κ2) is 15.5. The maximum atomic E-state index is 12.5. The Kier molecular flexibility index (Phi) is 14.3. The van der Waals surface area contributed by atoms with Gasteiger partial charge in [0.1, 0.15) is 18.3 Å². The van der Waals surface area contributed by atoms with E-state index in [9.17, 15) is 14.8 Å². The lowest BCUT2D eigenvalue weighted by atomic mass is 9.97. The predicted molar refractivity (Wildman–Crippen MR) is 114 cm³/mol. The average molecular weight is 454 g/mol. The van der Waals surface area contributed by atoms with E-state index in [1.807, 2.05) is 0 Å². The van der Waals surface area contributed by atoms with Crippen LogP contribution < -0.4 is 5.73 Å². The number of hydrogen-bond acceptors (Lipinski definition) is 9. The van der Waals surface area contributed by atoms with Gasteiger partial charge in [0.05, 0.1) is 19.3 Å². The summed E-state index contributed by atoms with van der Waals surface area (Å²) in [6.45, 7) is 5.55. The largest absolute Gasteiger partial charge is 0.477 e. The zero-order valence-corrected chi connectivity index (χ0v) is 19.2. The summed E-state index contributed by atoms with van der Waals surface area (Å²) in [6, 6.07) is -0.951. The standard InChI is InChI=1S/C20H40NO8P/c1-4-6-7-8-9-10-11-12-14-26-19-17(21)20(28-16(15-22)18(19)23)29-30(24,25-3)27-13-5-2/h5,16-20,22-23H,2,4,6-15,21H2,1,3H3/t16-,17-,18-,19-,20-,30?/m1/s1. The molecule has 6 atom stereocenters. The third kappa shape index (κ3) is 9.42. The Balaban J connectivity index is 2.54. The van der Waals surface area contributed by atoms with Gasteiger partial charge in [-0.15, -0.1) is 6.58 Å². The number of phosphoric acid groups is 1. The average Bonchev–Trinajstić information content (AvgIpc) is 2.75. The molecule has 0 spiro atoms. The van der Waals surface area contributed by atoms with Crippen LogP contribution in [-0.4, -0.2) is 67.8 Å². The van der Waals surface area contributed by atoms with Crippen LogP contribution in [0.3, 0.4) is 0 Å². The summed E-state index contributed by atoms with van der Waals surface area (Å²) in [5, 5.41) is 20.0. The van der Waals surface area contributed by atoms with Gasteiger partial charge in [-0.05, 0) is 6.42 Å². The molecule has 10 heteroatoms. The van der Waals surface area contributed by atoms with Crippen molar-refractivity contribution in [3.8, 4) is 0 Å². The lowest BCUT2D eigenvalue weighted by Gasteiger charge is -2.42. The maximum absolute atomic E-state index is 12.5. The number of phosphoric ester groups is 1. The normalized spacial score (nSPS) is 28.9. The monoisotopic (exact) mass is 453 g/mol. The van der Waals surface area contributed by atoms with E-state index in [0.717, 1.165) is 19.3 Å². The molecule has 1 fully saturated rings. The van der Waals surface area contributed by atoms with Crippen LogP contribution in [0.1, 0.15) is 58.3 Å². The van der Waals surface area contributed by atoms with Gasteiger partial charge < -0.3 is 25.4 Å². The molecule has 4 N–H and O–H groups in total. The minimum atomic E-state index is -3.95. The molecule has 1 unspecified atom stereocenters. The van der Waals surface area contributed by atoms with Gasteiger partial charge in [0.2, 0.25) is 0 Å². The maximum Gasteiger partial charge on any atom is 0.477 e. The molecule has 1 aliphatic heterocycles. The number of aliphatic hydroxyl groups is 2. The van der Waals surface area contributed by atoms with Crippen LogP contribution in [0.15, 0.2) is 12.7 Å². The number of unbranched alkanes of at least 4 members (excludes halogenated alkanes) is 7. The van der Waals surface area contributed by atoms with Crippen molar-refractivity contribution < 1.29 is 37.8 Å². The molecule has 0 aromatic heterocycles. The topological polar surface area (TPSA) is 130 Å². The van der Waals surface area contributed by atoms with Gasteiger partial charge in [-0.1, -0.05) is 57.9 Å². The summed E-state index contributed by atoms with van der Waals surface area (Å²) in [6.07, 6.45) is 6.41. The van der Waals surface area contributed by atoms with Gasteiger partial charge in [-0.3, -0.25) is 13.6 Å². The van der Waals surface area contributed by atoms with E-state index < -0.39 is 45.1 Å². The van der Waals surface area contributed by atoms with E-state index in [1.165, 1.54) is 45.3 Å². The fraction of sp³-hybridized carbons (Fsp3) is 0.900. The van der Waals surface area contributed by atoms with E-state index in [2.05, 4.69) is 13.5 Å². The SMILES string of the molecule is C=CCOP(=O)(OC)O[C@H]1O[C@H](CO)[C@@H](O)[C@H](OCCCCCCCCCC)[C@H]1N. The van der Waals surface area contributed by atoms with Crippen molar-refractivity contribution in [2.24, 2.45) is 5.73 Å². The van der Waals surface area contributed by atoms with E-state index >= 15 is 0 Å². The molecule has 0 aromatic rings. The third-order valence-electron chi connectivity index (χ3n) is 5.02. The molecule has 1 saturated heterocycles. The first-order chi connectivity index (χ1) is 14.4. The Morgan fingerprint density at radius 1 is 1.17 bits per heavy atom. The minimum absolute atomic E-state index is 0.0580. The minimum Gasteiger partial charge on any atom is -0.394 e. The molecule has 178 valence electrons. The molecule has 0 amide bonds. The molecule has 0 bridgehead atoms. The van der Waals surface area contributed by atoms with Crippen LogP contribution in [0.2, 0.25) is 0 Å². The number of hydrogen-bond donors (Lipinski definition) is 3. The van der Waals surface area contributed by atoms with Gasteiger partial charge in [0, 0.05) is 13.7 Å². The number of rotatable bonds is 17. The van der Waals surface area contributed by atoms with Crippen molar-refractivity contribution >= 4 is 7.82 Å². The smallest absolute Gasteiger partial charge is 0.394 e. The number of ether oxygens (including phenoxy) is 2. The Morgan fingerprint density at radius 2 is 1.80 bits per heavy atom. The highest BCUT2D eigenvalue weighted by atomic mass is 31.2. The molecule has 0 radical (unpaired) electrons. The molecule has 1 aliphatic rings. The zero-order chi connectivity index (χ0) is 22.4. The highest BCUT2D eigenvalue weighted by molar-refractivity contribution is 7.48. The van der Waals surface area contributed by atoms with Gasteiger partial charge in [0.15, 0.2) is 6.29 Å². The second-order valence-electron chi connectivity index (χ2n) is 7.42. The van der Waals surface area contributed by atoms with Crippen molar-refractivity contribution in [2.45, 2.75) is 88.9 Å². The van der Waals surface area contributed by atoms with Crippen LogP contribution in [-0.2, 0) is 27.6 Å². The van der Waals surface area contributed by atoms with Crippen LogP contribution in [0, 0.1) is 0 Å². The van der Waals surface area contributed by atoms with E-state index in [-0.39, 0.29) is 6.61 Å². The molecule has 1 heterocycles. The molecular weight excluding hydrogens is 413 g/mol. The highest BCUT2D eigenvalue weighted by Crippen LogP contribution is 2.51. The van der Waals surface area contributed by atoms with E-state index in [1.54, 1.807) is 0 Å². The molecule has 30 heavy (non-hydrogen) atoms. The quantitative estimate of drug-likeness (QED) is 0.173. The molecule has 0 aromatic carbocycles. The Hall–Kier alpha value is -0.350. The molecule has 9 nitrogen and oxygen atoms in total. The summed E-state index contributed by atoms with van der Waals surface area (Å²) in [7, 11) is -2.78. The fourth-order valence-corrected chi connectivity index (χ4v) is 4.23. The van der Waals surface area contributed by atoms with Gasteiger partial charge in [0.25, 0.3) is 0 Å². The van der Waals surface area contributed by atoms with Crippen molar-refractivity contribution in [3.63, 3.8) is 0 Å². The van der Waals surface area contributed by atoms with Crippen molar-refractivity contribution in [3.05, 3.63) is 12.7 Å². The first-order valence-electron chi connectivity index (χ1n) is 10.8. The van der Waals surface area contributed by atoms with Crippen molar-refractivity contribution in [1.82, 2.24) is 0 Å². The first kappa shape index (κ1) is 27.7. The number of nitrogens with two attached hydrogens (primary N) is 1. The Morgan fingerprint density at radius 3 is 2.37 bits per heavy atom. The molecular formula is C20H40NO8P. The summed E-state index contributed by atoms with van der Waals surface area (Å²) in [4.78, 5) is 0. The summed E-state index contributed by atoms with van der Waals surface area (Å²) in [5.41, 5.74) is 6.16. The van der Waals surface area contributed by atoms with E-state index in [4.69, 9.17) is 28.8 Å². The van der Waals surface area contributed by atoms with Crippen molar-refractivity contribution in [2.75, 3.05) is 26.9 Å². The zero-order valence-electron chi connectivity index (χ0n) is 18.3. The lowest BCUT2D eigenvalue weighted by molar-refractivity contribution is -0.252. The first-order valence-corrected chi connectivity index (χ1v) is 12.3. The predicted octanol–water partition coefficient (Wildman–Crippen LogP) is 2.89. The second-order valence-corrected chi connectivity index (χ2v) is 9.15. The van der Waals surface area contributed by atoms with Crippen LogP contribution in [0.4, 0.5) is 0 Å². The van der Waals surface area contributed by atoms with Crippen LogP contribution in [0.5, 0.6) is 0 Å². The van der Waals surface area contributed by atoms with E-state index in [0.29, 0.717) is 6.61 Å². The molecule has 1 rings (SSSR count). The lowest BCUT2D eigenvalue weighted by Crippen LogP contribution is -2.63. The van der Waals surface area contributed by atoms with Gasteiger partial charge >= 0.3 is 7.82 Å². The van der Waals surface area contributed by atoms with Gasteiger partial charge in [-0.2, -0.15) is 0 Å². The summed E-state index contributed by atoms with van der Waals surface area (Å²) < 4.78 is 39.1. The van der Waals surface area contributed by atoms with Crippen molar-refractivity contribution in [1.29, 1.82) is 0 Å². The summed E-state index contributed by atoms with van der Waals surface area (Å²) in [5.74, 6) is 0. The van der Waals surface area contributed by atoms with Gasteiger partial charge in [-0.25, -0.2) is 4.57 Å². The Bertz CT molecular complexity index is 509. The number of aliphatic hydroxyl groups excluding tert-OH is 2. The molecule has 0 saturated carbocycles. The highest BCUT2D eigenvalue weighted by Gasteiger charge is 2.47. The summed E-state index contributed by atoms with van der Waals surface area (Å²) >= 11 is 0. The van der Waals surface area contributed by atoms with Crippen LogP contribution >= 0.6 is 7.82 Å². The molecule has 0 aliphatic carbocycles. The third-order valence-corrected chi connectivity index (χ3v) is 6.39. The van der Waals surface area contributed by atoms with Crippen LogP contribution in [0.25, 0.3) is 0 Å². The fourth-order valence-electron chi connectivity index (χ4n) is 3.25. The Labute approximate surface area is 180 Å².